The number of nitrogens with zero attached hydrogens (tertiary/aromatic N) is 1. The van der Waals surface area contributed by atoms with Crippen molar-refractivity contribution in [3.8, 4) is 5.75 Å². The smallest absolute Gasteiger partial charge is 0.254 e. The minimum absolute atomic E-state index is 0.0802. The lowest BCUT2D eigenvalue weighted by Crippen LogP contribution is -2.31. The molecule has 0 aliphatic heterocycles. The standard InChI is InChI=1S/C23H26N2O4S2/c1-4-24-31(27,28)20-12-11-17(2)21(14-20)23(26)25(16-19-9-7-13-30-19)15-18-8-5-6-10-22(18)29-3/h5-14,24H,4,15-16H2,1-3H3. The number of nitrogens with one attached hydrogen (secondary N) is 1. The molecule has 1 heterocycles. The quantitative estimate of drug-likeness (QED) is 0.521. The molecular weight excluding hydrogens is 432 g/mol. The summed E-state index contributed by atoms with van der Waals surface area (Å²) in [7, 11) is -2.07. The number of rotatable bonds is 9. The van der Waals surface area contributed by atoms with Gasteiger partial charge in [0.05, 0.1) is 25.1 Å². The Morgan fingerprint density at radius 1 is 1.10 bits per heavy atom. The molecule has 8 heteroatoms. The molecule has 0 saturated heterocycles. The molecule has 0 bridgehead atoms. The fourth-order valence-corrected chi connectivity index (χ4v) is 5.06. The van der Waals surface area contributed by atoms with Crippen LogP contribution >= 0.6 is 11.3 Å². The zero-order valence-electron chi connectivity index (χ0n) is 17.8. The Hall–Kier alpha value is -2.68. The van der Waals surface area contributed by atoms with Crippen molar-refractivity contribution in [1.82, 2.24) is 9.62 Å². The highest BCUT2D eigenvalue weighted by Crippen LogP contribution is 2.25. The van der Waals surface area contributed by atoms with Crippen LogP contribution in [0.25, 0.3) is 0 Å². The summed E-state index contributed by atoms with van der Waals surface area (Å²) in [6.07, 6.45) is 0. The van der Waals surface area contributed by atoms with Crippen LogP contribution in [-0.4, -0.2) is 32.9 Å². The van der Waals surface area contributed by atoms with E-state index < -0.39 is 10.0 Å². The molecule has 0 radical (unpaired) electrons. The molecular formula is C23H26N2O4S2. The Morgan fingerprint density at radius 3 is 2.55 bits per heavy atom. The van der Waals surface area contributed by atoms with Crippen LogP contribution in [0.2, 0.25) is 0 Å². The molecule has 1 amide bonds. The minimum Gasteiger partial charge on any atom is -0.496 e. The van der Waals surface area contributed by atoms with E-state index in [-0.39, 0.29) is 17.3 Å². The number of thiophene rings is 1. The lowest BCUT2D eigenvalue weighted by atomic mass is 10.1. The van der Waals surface area contributed by atoms with E-state index in [0.717, 1.165) is 16.0 Å². The molecule has 3 aromatic rings. The largest absolute Gasteiger partial charge is 0.496 e. The Morgan fingerprint density at radius 2 is 1.87 bits per heavy atom. The Bertz CT molecular complexity index is 1140. The summed E-state index contributed by atoms with van der Waals surface area (Å²) in [6.45, 7) is 4.55. The number of amides is 1. The number of ether oxygens (including phenoxy) is 1. The third-order valence-electron chi connectivity index (χ3n) is 4.85. The molecule has 164 valence electrons. The number of carbonyl (C=O) groups is 1. The third-order valence-corrected chi connectivity index (χ3v) is 7.26. The summed E-state index contributed by atoms with van der Waals surface area (Å²) in [5.74, 6) is 0.469. The number of carbonyl (C=O) groups excluding carboxylic acids is 1. The van der Waals surface area contributed by atoms with Crippen molar-refractivity contribution < 1.29 is 17.9 Å². The SMILES string of the molecule is CCNS(=O)(=O)c1ccc(C)c(C(=O)N(Cc2cccs2)Cc2ccccc2OC)c1. The molecule has 0 aliphatic carbocycles. The van der Waals surface area contributed by atoms with Crippen LogP contribution in [0, 0.1) is 6.92 Å². The second-order valence-corrected chi connectivity index (χ2v) is 9.83. The van der Waals surface area contributed by atoms with Gasteiger partial charge in [-0.2, -0.15) is 0 Å². The van der Waals surface area contributed by atoms with Crippen LogP contribution in [0.1, 0.15) is 33.3 Å². The second-order valence-electron chi connectivity index (χ2n) is 7.03. The van der Waals surface area contributed by atoms with E-state index in [9.17, 15) is 13.2 Å². The van der Waals surface area contributed by atoms with E-state index in [2.05, 4.69) is 4.72 Å². The highest BCUT2D eigenvalue weighted by Gasteiger charge is 2.23. The van der Waals surface area contributed by atoms with Crippen LogP contribution in [0.15, 0.2) is 64.9 Å². The van der Waals surface area contributed by atoms with E-state index >= 15 is 0 Å². The Balaban J connectivity index is 2.00. The van der Waals surface area contributed by atoms with Gasteiger partial charge in [-0.25, -0.2) is 13.1 Å². The van der Waals surface area contributed by atoms with Gasteiger partial charge in [-0.1, -0.05) is 37.3 Å². The van der Waals surface area contributed by atoms with Gasteiger partial charge >= 0.3 is 0 Å². The molecule has 0 spiro atoms. The predicted molar refractivity (Wildman–Crippen MR) is 123 cm³/mol. The topological polar surface area (TPSA) is 75.7 Å². The van der Waals surface area contributed by atoms with Gasteiger partial charge in [-0.15, -0.1) is 11.3 Å². The molecule has 0 saturated carbocycles. The summed E-state index contributed by atoms with van der Waals surface area (Å²) in [5, 5.41) is 1.97. The van der Waals surface area contributed by atoms with Crippen molar-refractivity contribution in [3.05, 3.63) is 81.5 Å². The van der Waals surface area contributed by atoms with Crippen molar-refractivity contribution in [2.24, 2.45) is 0 Å². The second kappa shape index (κ2) is 10.1. The number of benzene rings is 2. The highest BCUT2D eigenvalue weighted by molar-refractivity contribution is 7.89. The van der Waals surface area contributed by atoms with Crippen molar-refractivity contribution in [1.29, 1.82) is 0 Å². The summed E-state index contributed by atoms with van der Waals surface area (Å²) in [4.78, 5) is 16.4. The summed E-state index contributed by atoms with van der Waals surface area (Å²) >= 11 is 1.57. The first-order valence-electron chi connectivity index (χ1n) is 9.89. The van der Waals surface area contributed by atoms with E-state index in [4.69, 9.17) is 4.74 Å². The highest BCUT2D eigenvalue weighted by atomic mass is 32.2. The average molecular weight is 459 g/mol. The lowest BCUT2D eigenvalue weighted by molar-refractivity contribution is 0.0729. The number of aryl methyl sites for hydroxylation is 1. The minimum atomic E-state index is -3.67. The maximum Gasteiger partial charge on any atom is 0.254 e. The number of sulfonamides is 1. The molecule has 0 unspecified atom stereocenters. The maximum atomic E-state index is 13.6. The van der Waals surface area contributed by atoms with E-state index in [1.807, 2.05) is 48.7 Å². The molecule has 6 nitrogen and oxygen atoms in total. The van der Waals surface area contributed by atoms with Gasteiger partial charge in [0.1, 0.15) is 5.75 Å². The first kappa shape index (κ1) is 23.0. The monoisotopic (exact) mass is 458 g/mol. The number of hydrogen-bond donors (Lipinski definition) is 1. The van der Waals surface area contributed by atoms with Crippen molar-refractivity contribution in [2.45, 2.75) is 31.8 Å². The predicted octanol–water partition coefficient (Wildman–Crippen LogP) is 4.21. The fraction of sp³-hybridized carbons (Fsp3) is 0.261. The molecule has 0 atom stereocenters. The lowest BCUT2D eigenvalue weighted by Gasteiger charge is -2.24. The van der Waals surface area contributed by atoms with Crippen LogP contribution in [0.5, 0.6) is 5.75 Å². The van der Waals surface area contributed by atoms with E-state index in [1.165, 1.54) is 12.1 Å². The van der Waals surface area contributed by atoms with Gasteiger partial charge in [0.15, 0.2) is 0 Å². The maximum absolute atomic E-state index is 13.6. The van der Waals surface area contributed by atoms with Gasteiger partial charge in [-0.3, -0.25) is 4.79 Å². The summed E-state index contributed by atoms with van der Waals surface area (Å²) in [5.41, 5.74) is 1.96. The van der Waals surface area contributed by atoms with Crippen molar-refractivity contribution in [3.63, 3.8) is 0 Å². The van der Waals surface area contributed by atoms with Gasteiger partial charge in [0.2, 0.25) is 10.0 Å². The van der Waals surface area contributed by atoms with Crippen LogP contribution < -0.4 is 9.46 Å². The third kappa shape index (κ3) is 5.52. The molecule has 2 aromatic carbocycles. The van der Waals surface area contributed by atoms with Crippen LogP contribution in [-0.2, 0) is 23.1 Å². The van der Waals surface area contributed by atoms with Crippen molar-refractivity contribution in [2.75, 3.05) is 13.7 Å². The Labute approximate surface area is 187 Å². The van der Waals surface area contributed by atoms with Gasteiger partial charge in [0.25, 0.3) is 5.91 Å². The number of para-hydroxylation sites is 1. The zero-order valence-corrected chi connectivity index (χ0v) is 19.4. The molecule has 0 aliphatic rings. The molecule has 31 heavy (non-hydrogen) atoms. The molecule has 3 rings (SSSR count). The number of hydrogen-bond acceptors (Lipinski definition) is 5. The normalized spacial score (nSPS) is 11.3. The van der Waals surface area contributed by atoms with Gasteiger partial charge in [-0.05, 0) is 42.1 Å². The molecule has 1 aromatic heterocycles. The van der Waals surface area contributed by atoms with Gasteiger partial charge < -0.3 is 9.64 Å². The van der Waals surface area contributed by atoms with Crippen LogP contribution in [0.4, 0.5) is 0 Å². The average Bonchev–Trinajstić information content (AvgIpc) is 3.26. The first-order chi connectivity index (χ1) is 14.9. The van der Waals surface area contributed by atoms with Gasteiger partial charge in [0, 0.05) is 22.5 Å². The van der Waals surface area contributed by atoms with Crippen LogP contribution in [0.3, 0.4) is 0 Å². The Kier molecular flexibility index (Phi) is 7.48. The van der Waals surface area contributed by atoms with E-state index in [0.29, 0.717) is 24.4 Å². The zero-order chi connectivity index (χ0) is 22.4. The first-order valence-corrected chi connectivity index (χ1v) is 12.3. The fourth-order valence-electron chi connectivity index (χ4n) is 3.27. The van der Waals surface area contributed by atoms with Crippen molar-refractivity contribution >= 4 is 27.3 Å². The van der Waals surface area contributed by atoms with E-state index in [1.54, 1.807) is 36.3 Å². The summed E-state index contributed by atoms with van der Waals surface area (Å²) in [6, 6.07) is 16.1. The summed E-state index contributed by atoms with van der Waals surface area (Å²) < 4.78 is 32.9. The molecule has 1 N–H and O–H groups in total. The number of methoxy groups -OCH3 is 1. The molecule has 0 fully saturated rings.